The van der Waals surface area contributed by atoms with Gasteiger partial charge in [-0.1, -0.05) is 40.0 Å². The molecule has 0 aliphatic heterocycles. The lowest BCUT2D eigenvalue weighted by atomic mass is 9.57. The molecule has 0 heterocycles. The van der Waals surface area contributed by atoms with Gasteiger partial charge in [0, 0.05) is 22.9 Å². The number of carbonyl (C=O) groups excluding carboxylic acids is 2. The fourth-order valence-electron chi connectivity index (χ4n) is 5.33. The summed E-state index contributed by atoms with van der Waals surface area (Å²) in [5.41, 5.74) is 5.81. The van der Waals surface area contributed by atoms with Crippen LogP contribution in [0.5, 0.6) is 0 Å². The van der Waals surface area contributed by atoms with Crippen LogP contribution in [-0.2, 0) is 9.59 Å². The number of nitrogens with zero attached hydrogens (tertiary/aromatic N) is 1. The van der Waals surface area contributed by atoms with Crippen LogP contribution in [0.2, 0.25) is 0 Å². The summed E-state index contributed by atoms with van der Waals surface area (Å²) in [7, 11) is 2.04. The van der Waals surface area contributed by atoms with Gasteiger partial charge >= 0.3 is 0 Å². The number of carbonyl (C=O) groups is 2. The van der Waals surface area contributed by atoms with Crippen LogP contribution in [0.3, 0.4) is 0 Å². The van der Waals surface area contributed by atoms with Crippen LogP contribution in [0.4, 0.5) is 0 Å². The Bertz CT molecular complexity index is 716. The van der Waals surface area contributed by atoms with Gasteiger partial charge in [0.05, 0.1) is 5.54 Å². The van der Waals surface area contributed by atoms with Crippen LogP contribution in [0.1, 0.15) is 67.2 Å². The van der Waals surface area contributed by atoms with Crippen LogP contribution in [0.25, 0.3) is 0 Å². The second kappa shape index (κ2) is 12.2. The number of nitrogens with one attached hydrogen (secondary N) is 1. The van der Waals surface area contributed by atoms with E-state index in [9.17, 15) is 9.59 Å². The number of allylic oxidation sites excluding steroid dienone is 3. The molecule has 0 radical (unpaired) electrons. The summed E-state index contributed by atoms with van der Waals surface area (Å²) < 4.78 is 2.03. The molecule has 5 nitrogen and oxygen atoms in total. The minimum atomic E-state index is -0.477. The number of hydrogen-bond acceptors (Lipinski definition) is 5. The molecule has 2 aliphatic rings. The normalized spacial score (nSPS) is 30.2. The van der Waals surface area contributed by atoms with E-state index in [1.165, 1.54) is 12.8 Å². The maximum atomic E-state index is 11.6. The highest BCUT2D eigenvalue weighted by atomic mass is 32.2. The van der Waals surface area contributed by atoms with Gasteiger partial charge in [-0.15, -0.1) is 0 Å². The summed E-state index contributed by atoms with van der Waals surface area (Å²) in [6.07, 6.45) is 9.10. The molecule has 0 aromatic heterocycles. The van der Waals surface area contributed by atoms with Gasteiger partial charge in [-0.05, 0) is 94.9 Å². The summed E-state index contributed by atoms with van der Waals surface area (Å²) >= 11 is 1.55. The van der Waals surface area contributed by atoms with Crippen molar-refractivity contribution in [2.75, 3.05) is 13.6 Å². The molecule has 0 aromatic carbocycles. The SMILES string of the molecule is C=C/C=C(/SN(CC)C(C)(C)C=O)C(=C)C.CNC1C(C)CC2CC1CC(C)(C(N)=O)C2. The fraction of sp³-hybridized carbons (Fsp3) is 0.692. The molecule has 182 valence electrons. The third-order valence-corrected chi connectivity index (χ3v) is 8.59. The van der Waals surface area contributed by atoms with Gasteiger partial charge in [0.15, 0.2) is 0 Å². The molecule has 32 heavy (non-hydrogen) atoms. The second-order valence-corrected chi connectivity index (χ2v) is 11.4. The average molecular weight is 464 g/mol. The van der Waals surface area contributed by atoms with Gasteiger partial charge in [-0.2, -0.15) is 0 Å². The Hall–Kier alpha value is -1.37. The second-order valence-electron chi connectivity index (χ2n) is 10.3. The summed E-state index contributed by atoms with van der Waals surface area (Å²) in [5.74, 6) is 1.96. The molecule has 0 saturated heterocycles. The number of nitrogens with two attached hydrogens (primary N) is 1. The van der Waals surface area contributed by atoms with Crippen molar-refractivity contribution in [3.8, 4) is 0 Å². The number of amides is 1. The van der Waals surface area contributed by atoms with Gasteiger partial charge in [0.25, 0.3) is 0 Å². The van der Waals surface area contributed by atoms with Gasteiger partial charge < -0.3 is 15.8 Å². The Morgan fingerprint density at radius 3 is 2.41 bits per heavy atom. The molecule has 2 bridgehead atoms. The molecule has 2 aliphatic carbocycles. The zero-order chi connectivity index (χ0) is 24.7. The first-order chi connectivity index (χ1) is 14.8. The van der Waals surface area contributed by atoms with Crippen molar-refractivity contribution in [1.29, 1.82) is 0 Å². The first-order valence-corrected chi connectivity index (χ1v) is 12.5. The predicted molar refractivity (Wildman–Crippen MR) is 138 cm³/mol. The molecule has 1 amide bonds. The largest absolute Gasteiger partial charge is 0.369 e. The van der Waals surface area contributed by atoms with Crippen molar-refractivity contribution in [3.63, 3.8) is 0 Å². The smallest absolute Gasteiger partial charge is 0.223 e. The van der Waals surface area contributed by atoms with E-state index >= 15 is 0 Å². The standard InChI is InChI=1S/C13H24N2O.C13H21NOS/c1-8-4-9-5-10(11(8)15-3)7-13(2,6-9)12(14)16;1-7-9-12(11(3)4)16-14(8-2)13(5,6)10-15/h8-11,15H,4-7H2,1-3H3,(H2,14,16);7,9-10H,1,3,8H2,2,4-6H3/b;12-9+. The van der Waals surface area contributed by atoms with E-state index in [-0.39, 0.29) is 11.3 Å². The third-order valence-electron chi connectivity index (χ3n) is 6.96. The van der Waals surface area contributed by atoms with Crippen LogP contribution in [0.15, 0.2) is 35.8 Å². The minimum Gasteiger partial charge on any atom is -0.369 e. The topological polar surface area (TPSA) is 75.4 Å². The number of rotatable bonds is 9. The van der Waals surface area contributed by atoms with E-state index in [4.69, 9.17) is 5.73 Å². The van der Waals surface area contributed by atoms with E-state index < -0.39 is 5.54 Å². The van der Waals surface area contributed by atoms with Gasteiger partial charge in [-0.25, -0.2) is 4.31 Å². The van der Waals surface area contributed by atoms with Gasteiger partial charge in [0.1, 0.15) is 6.29 Å². The Morgan fingerprint density at radius 2 is 1.97 bits per heavy atom. The molecule has 5 unspecified atom stereocenters. The van der Waals surface area contributed by atoms with Crippen LogP contribution in [0, 0.1) is 23.2 Å². The zero-order valence-electron chi connectivity index (χ0n) is 21.2. The summed E-state index contributed by atoms with van der Waals surface area (Å²) in [5, 5.41) is 3.43. The number of likely N-dealkylation sites (N-methyl/N-ethyl adjacent to an activating group) is 1. The highest BCUT2D eigenvalue weighted by molar-refractivity contribution is 8.01. The van der Waals surface area contributed by atoms with E-state index in [1.807, 2.05) is 45.1 Å². The molecule has 0 aromatic rings. The van der Waals surface area contributed by atoms with E-state index in [0.717, 1.165) is 42.1 Å². The van der Waals surface area contributed by atoms with E-state index in [2.05, 4.69) is 32.3 Å². The Labute approximate surface area is 200 Å². The quantitative estimate of drug-likeness (QED) is 0.283. The molecule has 2 fully saturated rings. The summed E-state index contributed by atoms with van der Waals surface area (Å²) in [6, 6.07) is 0.565. The monoisotopic (exact) mass is 463 g/mol. The lowest BCUT2D eigenvalue weighted by molar-refractivity contribution is -0.132. The zero-order valence-corrected chi connectivity index (χ0v) is 22.1. The summed E-state index contributed by atoms with van der Waals surface area (Å²) in [4.78, 5) is 23.6. The van der Waals surface area contributed by atoms with E-state index in [1.54, 1.807) is 18.0 Å². The maximum absolute atomic E-state index is 11.6. The lowest BCUT2D eigenvalue weighted by Gasteiger charge is -2.49. The first-order valence-electron chi connectivity index (χ1n) is 11.7. The van der Waals surface area contributed by atoms with Crippen molar-refractivity contribution in [2.24, 2.45) is 28.9 Å². The Kier molecular flexibility index (Phi) is 10.9. The maximum Gasteiger partial charge on any atom is 0.223 e. The highest BCUT2D eigenvalue weighted by Crippen LogP contribution is 2.50. The van der Waals surface area contributed by atoms with Crippen molar-refractivity contribution in [2.45, 2.75) is 78.8 Å². The average Bonchev–Trinajstić information content (AvgIpc) is 2.70. The first kappa shape index (κ1) is 28.7. The molecule has 5 atom stereocenters. The number of fused-ring (bicyclic) bond motifs is 2. The molecule has 2 saturated carbocycles. The number of hydrogen-bond donors (Lipinski definition) is 2. The molecule has 3 N–H and O–H groups in total. The lowest BCUT2D eigenvalue weighted by Crippen LogP contribution is -2.52. The minimum absolute atomic E-state index is 0.105. The molecule has 2 rings (SSSR count). The predicted octanol–water partition coefficient (Wildman–Crippen LogP) is 5.10. The van der Waals surface area contributed by atoms with Crippen LogP contribution in [-0.4, -0.2) is 41.7 Å². The van der Waals surface area contributed by atoms with Crippen LogP contribution >= 0.6 is 11.9 Å². The highest BCUT2D eigenvalue weighted by Gasteiger charge is 2.47. The third kappa shape index (κ3) is 7.32. The van der Waals surface area contributed by atoms with Gasteiger partial charge in [-0.3, -0.25) is 4.79 Å². The Morgan fingerprint density at radius 1 is 1.34 bits per heavy atom. The molecular formula is C26H45N3O2S. The van der Waals surface area contributed by atoms with Crippen LogP contribution < -0.4 is 11.1 Å². The van der Waals surface area contributed by atoms with Crippen molar-refractivity contribution < 1.29 is 9.59 Å². The molecular weight excluding hydrogens is 418 g/mol. The van der Waals surface area contributed by atoms with Crippen molar-refractivity contribution in [1.82, 2.24) is 9.62 Å². The molecule has 6 heteroatoms. The summed E-state index contributed by atoms with van der Waals surface area (Å²) in [6.45, 7) is 20.6. The fourth-order valence-corrected chi connectivity index (χ4v) is 6.29. The Balaban J connectivity index is 0.000000320. The number of aldehydes is 1. The van der Waals surface area contributed by atoms with E-state index in [0.29, 0.717) is 17.9 Å². The number of primary amides is 1. The van der Waals surface area contributed by atoms with Crippen molar-refractivity contribution >= 4 is 24.1 Å². The van der Waals surface area contributed by atoms with Gasteiger partial charge in [0.2, 0.25) is 5.91 Å². The van der Waals surface area contributed by atoms with Crippen molar-refractivity contribution in [3.05, 3.63) is 35.8 Å². The molecule has 0 spiro atoms.